The minimum atomic E-state index is -3.32. The maximum atomic E-state index is 14.7. The zero-order chi connectivity index (χ0) is 49.2. The van der Waals surface area contributed by atoms with E-state index in [0.29, 0.717) is 32.1 Å². The Balaban J connectivity index is 1.06. The molecule has 9 N–H and O–H groups in total. The molecule has 0 spiro atoms. The van der Waals surface area contributed by atoms with Crippen LogP contribution in [0.1, 0.15) is 113 Å². The molecule has 20 atom stereocenters. The van der Waals surface area contributed by atoms with E-state index in [4.69, 9.17) is 33.2 Å². The lowest BCUT2D eigenvalue weighted by atomic mass is 9.33. The standard InChI is InChI=1S/C47H70O20/c1-41(2)14-16-46(39(59)66-36-30(53)29(52)28(51)23(19-48)62-36)17-15-44(6)21(22(46)18-41)8-9-25-43(5)12-11-26(42(3,4)24(43)10-13-45(25,44)7)63-37-34-32(31(54)33(64-37)35(55)56)67-47(60,38(57)58)40(65-34)61-20-27(49)50/h8,22-26,28-34,36-37,40,48,51-54,60H,9-20H2,1-7H3,(H,49,50)(H,55,56)(H,57,58)/t22-,23-,24-,25+,26-,28+,29-,30-,31-,32-,33-,34+,36-,37-,40-,43-,44+,45+,46-,47-/m0/s1. The summed E-state index contributed by atoms with van der Waals surface area (Å²) in [5, 5.41) is 92.8. The third kappa shape index (κ3) is 7.78. The molecule has 3 saturated heterocycles. The van der Waals surface area contributed by atoms with Crippen molar-refractivity contribution in [2.24, 2.45) is 50.2 Å². The molecule has 20 nitrogen and oxygen atoms in total. The Kier molecular flexibility index (Phi) is 13.0. The Labute approximate surface area is 388 Å². The zero-order valence-electron chi connectivity index (χ0n) is 39.2. The van der Waals surface area contributed by atoms with Gasteiger partial charge in [0.05, 0.1) is 18.1 Å². The number of carboxylic acids is 3. The van der Waals surface area contributed by atoms with Crippen molar-refractivity contribution in [1.29, 1.82) is 0 Å². The summed E-state index contributed by atoms with van der Waals surface area (Å²) in [5.41, 5.74) is -1.15. The number of aliphatic hydroxyl groups is 6. The molecule has 20 heteroatoms. The van der Waals surface area contributed by atoms with Gasteiger partial charge in [0, 0.05) is 0 Å². The average molecular weight is 955 g/mol. The van der Waals surface area contributed by atoms with Gasteiger partial charge in [-0.05, 0) is 109 Å². The van der Waals surface area contributed by atoms with Crippen molar-refractivity contribution in [2.45, 2.75) is 192 Å². The third-order valence-electron chi connectivity index (χ3n) is 18.7. The van der Waals surface area contributed by atoms with Crippen molar-refractivity contribution in [3.05, 3.63) is 11.6 Å². The Morgan fingerprint density at radius 1 is 0.761 bits per heavy atom. The normalized spacial score (nSPS) is 49.9. The van der Waals surface area contributed by atoms with Crippen LogP contribution in [0.2, 0.25) is 0 Å². The monoisotopic (exact) mass is 954 g/mol. The highest BCUT2D eigenvalue weighted by atomic mass is 16.8. The Hall–Kier alpha value is -2.86. The molecule has 0 radical (unpaired) electrons. The van der Waals surface area contributed by atoms with E-state index in [0.717, 1.165) is 32.1 Å². The lowest BCUT2D eigenvalue weighted by Gasteiger charge is -2.71. The van der Waals surface area contributed by atoms with Crippen LogP contribution < -0.4 is 0 Å². The highest BCUT2D eigenvalue weighted by Crippen LogP contribution is 2.76. The fourth-order valence-electron chi connectivity index (χ4n) is 14.7. The summed E-state index contributed by atoms with van der Waals surface area (Å²) in [6, 6.07) is 0. The summed E-state index contributed by atoms with van der Waals surface area (Å²) in [7, 11) is 0. The second-order valence-corrected chi connectivity index (χ2v) is 22.9. The number of carbonyl (C=O) groups is 4. The molecule has 0 aromatic carbocycles. The molecule has 378 valence electrons. The number of allylic oxidation sites excluding steroid dienone is 2. The third-order valence-corrected chi connectivity index (χ3v) is 18.7. The van der Waals surface area contributed by atoms with Crippen molar-refractivity contribution < 1.29 is 98.3 Å². The fourth-order valence-corrected chi connectivity index (χ4v) is 14.7. The van der Waals surface area contributed by atoms with Crippen molar-refractivity contribution >= 4 is 23.9 Å². The number of aliphatic carboxylic acids is 3. The molecule has 67 heavy (non-hydrogen) atoms. The minimum Gasteiger partial charge on any atom is -0.480 e. The Morgan fingerprint density at radius 3 is 2.09 bits per heavy atom. The SMILES string of the molecule is CC1(C)CC[C@]2(C(=O)O[C@@H]3O[C@@H](CO)[C@@H](O)[C@H](O)[C@@H]3O)CC[C@]3(C)C(=CC[C@@H]4[C@@]5(C)CC[C@H](O[C@H]6O[C@H](C(=O)O)[C@@H](O)[C@@H]7O[C@@](O)(C(=O)O)[C@@H](OCC(=O)O)O[C@@H]67)C(C)(C)[C@@H]5CC[C@]43C)[C@@H]2C1. The Bertz CT molecular complexity index is 1990. The van der Waals surface area contributed by atoms with Crippen LogP contribution >= 0.6 is 0 Å². The summed E-state index contributed by atoms with van der Waals surface area (Å²) < 4.78 is 40.5. The molecule has 0 aromatic rings. The summed E-state index contributed by atoms with van der Waals surface area (Å²) in [6.45, 7) is 14.0. The van der Waals surface area contributed by atoms with Gasteiger partial charge in [-0.3, -0.25) is 4.79 Å². The van der Waals surface area contributed by atoms with Crippen molar-refractivity contribution in [3.63, 3.8) is 0 Å². The molecule has 3 aliphatic heterocycles. The van der Waals surface area contributed by atoms with Crippen molar-refractivity contribution in [1.82, 2.24) is 0 Å². The first-order valence-electron chi connectivity index (χ1n) is 23.7. The van der Waals surface area contributed by atoms with E-state index in [1.165, 1.54) is 5.57 Å². The lowest BCUT2D eigenvalue weighted by molar-refractivity contribution is -0.443. The topological polar surface area (TPSA) is 315 Å². The molecule has 0 aromatic heterocycles. The highest BCUT2D eigenvalue weighted by Gasteiger charge is 2.71. The second-order valence-electron chi connectivity index (χ2n) is 22.9. The number of hydrogen-bond donors (Lipinski definition) is 9. The van der Waals surface area contributed by atoms with E-state index in [9.17, 15) is 65.1 Å². The highest BCUT2D eigenvalue weighted by molar-refractivity contribution is 5.79. The molecule has 0 amide bonds. The molecule has 8 aliphatic rings. The molecular weight excluding hydrogens is 884 g/mol. The van der Waals surface area contributed by atoms with Gasteiger partial charge in [-0.1, -0.05) is 60.1 Å². The summed E-state index contributed by atoms with van der Waals surface area (Å²) in [5.74, 6) is -8.90. The van der Waals surface area contributed by atoms with Crippen LogP contribution in [0.3, 0.4) is 0 Å². The van der Waals surface area contributed by atoms with Gasteiger partial charge in [0.1, 0.15) is 49.3 Å². The van der Waals surface area contributed by atoms with Gasteiger partial charge in [-0.2, -0.15) is 0 Å². The first kappa shape index (κ1) is 50.5. The summed E-state index contributed by atoms with van der Waals surface area (Å²) in [6.07, 6.45) is -10.4. The van der Waals surface area contributed by atoms with Crippen LogP contribution in [0, 0.1) is 50.2 Å². The number of aliphatic hydroxyl groups excluding tert-OH is 5. The number of rotatable bonds is 10. The smallest absolute Gasteiger partial charge is 0.369 e. The minimum absolute atomic E-state index is 0.0627. The summed E-state index contributed by atoms with van der Waals surface area (Å²) >= 11 is 0. The van der Waals surface area contributed by atoms with E-state index >= 15 is 0 Å². The van der Waals surface area contributed by atoms with Crippen LogP contribution in [0.5, 0.6) is 0 Å². The fraction of sp³-hybridized carbons (Fsp3) is 0.872. The molecule has 8 rings (SSSR count). The number of esters is 1. The molecular formula is C47H70O20. The number of ether oxygens (including phenoxy) is 7. The average Bonchev–Trinajstić information content (AvgIpc) is 3.24. The number of carbonyl (C=O) groups excluding carboxylic acids is 1. The van der Waals surface area contributed by atoms with Crippen molar-refractivity contribution in [3.8, 4) is 0 Å². The summed E-state index contributed by atoms with van der Waals surface area (Å²) in [4.78, 5) is 50.7. The molecule has 5 aliphatic carbocycles. The number of hydrogen-bond acceptors (Lipinski definition) is 17. The van der Waals surface area contributed by atoms with Crippen LogP contribution in [0.15, 0.2) is 11.6 Å². The van der Waals surface area contributed by atoms with Gasteiger partial charge >= 0.3 is 29.7 Å². The maximum Gasteiger partial charge on any atom is 0.369 e. The van der Waals surface area contributed by atoms with E-state index in [2.05, 4.69) is 54.5 Å². The van der Waals surface area contributed by atoms with Gasteiger partial charge in [0.2, 0.25) is 12.6 Å². The maximum absolute atomic E-state index is 14.7. The first-order valence-corrected chi connectivity index (χ1v) is 23.7. The molecule has 0 unspecified atom stereocenters. The van der Waals surface area contributed by atoms with E-state index in [-0.39, 0.29) is 39.4 Å². The zero-order valence-corrected chi connectivity index (χ0v) is 39.2. The largest absolute Gasteiger partial charge is 0.480 e. The van der Waals surface area contributed by atoms with E-state index in [1.807, 2.05) is 0 Å². The molecule has 3 heterocycles. The van der Waals surface area contributed by atoms with Gasteiger partial charge in [0.25, 0.3) is 0 Å². The van der Waals surface area contributed by atoms with Crippen molar-refractivity contribution in [2.75, 3.05) is 13.2 Å². The Morgan fingerprint density at radius 2 is 1.45 bits per heavy atom. The van der Waals surface area contributed by atoms with Gasteiger partial charge in [-0.25, -0.2) is 14.4 Å². The van der Waals surface area contributed by atoms with E-state index in [1.54, 1.807) is 0 Å². The quantitative estimate of drug-likeness (QED) is 0.0854. The predicted octanol–water partition coefficient (Wildman–Crippen LogP) is 1.67. The van der Waals surface area contributed by atoms with Gasteiger partial charge < -0.3 is 79.1 Å². The van der Waals surface area contributed by atoms with Gasteiger partial charge in [-0.15, -0.1) is 0 Å². The lowest BCUT2D eigenvalue weighted by Crippen LogP contribution is -2.72. The first-order chi connectivity index (χ1) is 31.1. The predicted molar refractivity (Wildman–Crippen MR) is 226 cm³/mol. The van der Waals surface area contributed by atoms with Crippen LogP contribution in [0.4, 0.5) is 0 Å². The number of fused-ring (bicyclic) bond motifs is 8. The van der Waals surface area contributed by atoms with Crippen LogP contribution in [-0.4, -0.2) is 163 Å². The number of carboxylic acid groups (broad SMARTS) is 3. The van der Waals surface area contributed by atoms with Crippen LogP contribution in [-0.2, 0) is 52.3 Å². The molecule has 4 saturated carbocycles. The molecule has 0 bridgehead atoms. The van der Waals surface area contributed by atoms with Gasteiger partial charge in [0.15, 0.2) is 12.4 Å². The van der Waals surface area contributed by atoms with E-state index < -0.39 is 128 Å². The molecule has 7 fully saturated rings. The van der Waals surface area contributed by atoms with Crippen LogP contribution in [0.25, 0.3) is 0 Å². The second kappa shape index (κ2) is 17.2.